The maximum atomic E-state index is 11.8. The van der Waals surface area contributed by atoms with E-state index in [1.165, 1.54) is 18.2 Å². The van der Waals surface area contributed by atoms with Crippen LogP contribution < -0.4 is 10.6 Å². The fourth-order valence-electron chi connectivity index (χ4n) is 2.21. The predicted octanol–water partition coefficient (Wildman–Crippen LogP) is 1.34. The van der Waals surface area contributed by atoms with E-state index in [2.05, 4.69) is 10.6 Å². The van der Waals surface area contributed by atoms with E-state index < -0.39 is 5.97 Å². The molecule has 4 N–H and O–H groups in total. The number of aliphatic hydroxyl groups is 1. The third kappa shape index (κ3) is 4.42. The molecule has 1 aliphatic carbocycles. The Morgan fingerprint density at radius 3 is 2.67 bits per heavy atom. The molecule has 1 fully saturated rings. The first kappa shape index (κ1) is 15.8. The average molecular weight is 313 g/mol. The third-order valence-electron chi connectivity index (χ3n) is 3.42. The fraction of sp³-hybridized carbons (Fsp3) is 0.429. The smallest absolute Gasteiger partial charge is 0.335 e. The lowest BCUT2D eigenvalue weighted by Crippen LogP contribution is -2.38. The second-order valence-electron chi connectivity index (χ2n) is 5.17. The normalized spacial score (nSPS) is 20.7. The van der Waals surface area contributed by atoms with Crippen LogP contribution in [0.1, 0.15) is 23.2 Å². The molecule has 114 valence electrons. The number of aliphatic hydroxyl groups excluding tert-OH is 1. The zero-order valence-corrected chi connectivity index (χ0v) is 12.1. The molecular formula is C14H17ClN2O4. The predicted molar refractivity (Wildman–Crippen MR) is 78.6 cm³/mol. The minimum Gasteiger partial charge on any atom is -0.478 e. The molecule has 7 heteroatoms. The molecule has 0 bridgehead atoms. The van der Waals surface area contributed by atoms with Gasteiger partial charge in [-0.2, -0.15) is 0 Å². The summed E-state index contributed by atoms with van der Waals surface area (Å²) in [6.07, 6.45) is 1.32. The molecule has 0 heterocycles. The third-order valence-corrected chi connectivity index (χ3v) is 3.75. The van der Waals surface area contributed by atoms with E-state index in [1.807, 2.05) is 0 Å². The van der Waals surface area contributed by atoms with Crippen molar-refractivity contribution in [2.75, 3.05) is 18.4 Å². The molecule has 0 aliphatic heterocycles. The second-order valence-corrected chi connectivity index (χ2v) is 5.58. The Hall–Kier alpha value is -1.63. The van der Waals surface area contributed by atoms with Crippen LogP contribution in [0.4, 0.5) is 5.69 Å². The molecular weight excluding hydrogens is 296 g/mol. The van der Waals surface area contributed by atoms with Gasteiger partial charge in [-0.05, 0) is 43.5 Å². The van der Waals surface area contributed by atoms with E-state index in [0.29, 0.717) is 12.5 Å². The first-order chi connectivity index (χ1) is 9.95. The number of nitrogens with one attached hydrogen (secondary N) is 2. The molecule has 0 saturated heterocycles. The number of carbonyl (C=O) groups is 2. The van der Waals surface area contributed by atoms with Crippen LogP contribution >= 0.6 is 11.6 Å². The van der Waals surface area contributed by atoms with Crippen LogP contribution in [-0.2, 0) is 4.79 Å². The Morgan fingerprint density at radius 2 is 2.05 bits per heavy atom. The SMILES string of the molecule is O=C(CNCC1CC(O)C1)Nc1cc(C(=O)O)ccc1Cl. The summed E-state index contributed by atoms with van der Waals surface area (Å²) in [5.41, 5.74) is 0.341. The second kappa shape index (κ2) is 6.89. The fourth-order valence-corrected chi connectivity index (χ4v) is 2.37. The molecule has 0 aromatic heterocycles. The number of aromatic carboxylic acids is 1. The molecule has 21 heavy (non-hydrogen) atoms. The lowest BCUT2D eigenvalue weighted by Gasteiger charge is -2.31. The maximum absolute atomic E-state index is 11.8. The Balaban J connectivity index is 1.81. The van der Waals surface area contributed by atoms with Crippen molar-refractivity contribution < 1.29 is 19.8 Å². The van der Waals surface area contributed by atoms with Gasteiger partial charge in [-0.15, -0.1) is 0 Å². The van der Waals surface area contributed by atoms with Crippen molar-refractivity contribution in [2.24, 2.45) is 5.92 Å². The van der Waals surface area contributed by atoms with Crippen molar-refractivity contribution in [3.8, 4) is 0 Å². The average Bonchev–Trinajstić information content (AvgIpc) is 2.39. The van der Waals surface area contributed by atoms with Gasteiger partial charge < -0.3 is 20.8 Å². The molecule has 1 aliphatic rings. The van der Waals surface area contributed by atoms with E-state index in [4.69, 9.17) is 21.8 Å². The number of carboxylic acids is 1. The van der Waals surface area contributed by atoms with Crippen LogP contribution in [0.3, 0.4) is 0 Å². The summed E-state index contributed by atoms with van der Waals surface area (Å²) in [4.78, 5) is 22.6. The summed E-state index contributed by atoms with van der Waals surface area (Å²) >= 11 is 5.92. The summed E-state index contributed by atoms with van der Waals surface area (Å²) in [7, 11) is 0. The van der Waals surface area contributed by atoms with Crippen LogP contribution in [-0.4, -0.2) is 41.3 Å². The van der Waals surface area contributed by atoms with Crippen LogP contribution in [0.25, 0.3) is 0 Å². The number of anilines is 1. The highest BCUT2D eigenvalue weighted by molar-refractivity contribution is 6.33. The monoisotopic (exact) mass is 312 g/mol. The number of amides is 1. The van der Waals surface area contributed by atoms with Crippen LogP contribution in [0.5, 0.6) is 0 Å². The number of benzene rings is 1. The lowest BCUT2D eigenvalue weighted by molar-refractivity contribution is -0.115. The minimum atomic E-state index is -1.08. The van der Waals surface area contributed by atoms with E-state index in [1.54, 1.807) is 0 Å². The van der Waals surface area contributed by atoms with Gasteiger partial charge in [0.05, 0.1) is 28.9 Å². The topological polar surface area (TPSA) is 98.7 Å². The Bertz CT molecular complexity index is 544. The first-order valence-corrected chi connectivity index (χ1v) is 7.05. The molecule has 1 aromatic carbocycles. The van der Waals surface area contributed by atoms with Crippen molar-refractivity contribution in [3.63, 3.8) is 0 Å². The van der Waals surface area contributed by atoms with Crippen molar-refractivity contribution in [1.82, 2.24) is 5.32 Å². The number of hydrogen-bond acceptors (Lipinski definition) is 4. The number of rotatable bonds is 6. The van der Waals surface area contributed by atoms with Crippen molar-refractivity contribution in [2.45, 2.75) is 18.9 Å². The van der Waals surface area contributed by atoms with Gasteiger partial charge in [-0.25, -0.2) is 4.79 Å². The van der Waals surface area contributed by atoms with Crippen LogP contribution in [0.15, 0.2) is 18.2 Å². The quantitative estimate of drug-likeness (QED) is 0.635. The Morgan fingerprint density at radius 1 is 1.33 bits per heavy atom. The molecule has 1 saturated carbocycles. The molecule has 6 nitrogen and oxygen atoms in total. The molecule has 0 spiro atoms. The zero-order valence-electron chi connectivity index (χ0n) is 11.3. The summed E-state index contributed by atoms with van der Waals surface area (Å²) in [5, 5.41) is 23.9. The van der Waals surface area contributed by atoms with E-state index in [0.717, 1.165) is 12.8 Å². The van der Waals surface area contributed by atoms with Crippen LogP contribution in [0, 0.1) is 5.92 Å². The minimum absolute atomic E-state index is 0.0612. The molecule has 1 amide bonds. The standard InChI is InChI=1S/C14H17ClN2O4/c15-11-2-1-9(14(20)21)5-12(11)17-13(19)7-16-6-8-3-10(18)4-8/h1-2,5,8,10,16,18H,3-4,6-7H2,(H,17,19)(H,20,21). The van der Waals surface area contributed by atoms with Crippen molar-refractivity contribution in [3.05, 3.63) is 28.8 Å². The largest absolute Gasteiger partial charge is 0.478 e. The molecule has 2 rings (SSSR count). The van der Waals surface area contributed by atoms with Gasteiger partial charge in [0.25, 0.3) is 0 Å². The number of halogens is 1. The summed E-state index contributed by atoms with van der Waals surface area (Å²) in [6, 6.07) is 4.13. The summed E-state index contributed by atoms with van der Waals surface area (Å²) in [5.74, 6) is -0.963. The highest BCUT2D eigenvalue weighted by atomic mass is 35.5. The van der Waals surface area contributed by atoms with Gasteiger partial charge >= 0.3 is 5.97 Å². The van der Waals surface area contributed by atoms with Crippen molar-refractivity contribution >= 4 is 29.2 Å². The number of carbonyl (C=O) groups excluding carboxylic acids is 1. The molecule has 0 atom stereocenters. The highest BCUT2D eigenvalue weighted by Gasteiger charge is 2.26. The van der Waals surface area contributed by atoms with E-state index in [-0.39, 0.29) is 34.8 Å². The van der Waals surface area contributed by atoms with Gasteiger partial charge in [-0.1, -0.05) is 11.6 Å². The van der Waals surface area contributed by atoms with E-state index >= 15 is 0 Å². The Labute approximate surface area is 127 Å². The van der Waals surface area contributed by atoms with Gasteiger partial charge in [0, 0.05) is 0 Å². The van der Waals surface area contributed by atoms with Crippen LogP contribution in [0.2, 0.25) is 5.02 Å². The molecule has 0 radical (unpaired) electrons. The molecule has 1 aromatic rings. The van der Waals surface area contributed by atoms with Gasteiger partial charge in [-0.3, -0.25) is 4.79 Å². The first-order valence-electron chi connectivity index (χ1n) is 6.67. The zero-order chi connectivity index (χ0) is 15.4. The Kier molecular flexibility index (Phi) is 5.17. The van der Waals surface area contributed by atoms with Gasteiger partial charge in [0.15, 0.2) is 0 Å². The number of carboxylic acid groups (broad SMARTS) is 1. The molecule has 0 unspecified atom stereocenters. The number of hydrogen-bond donors (Lipinski definition) is 4. The highest BCUT2D eigenvalue weighted by Crippen LogP contribution is 2.26. The lowest BCUT2D eigenvalue weighted by atomic mass is 9.82. The van der Waals surface area contributed by atoms with Gasteiger partial charge in [0.2, 0.25) is 5.91 Å². The van der Waals surface area contributed by atoms with E-state index in [9.17, 15) is 9.59 Å². The summed E-state index contributed by atoms with van der Waals surface area (Å²) in [6.45, 7) is 0.785. The maximum Gasteiger partial charge on any atom is 0.335 e. The van der Waals surface area contributed by atoms with Gasteiger partial charge in [0.1, 0.15) is 0 Å². The van der Waals surface area contributed by atoms with Crippen molar-refractivity contribution in [1.29, 1.82) is 0 Å². The summed E-state index contributed by atoms with van der Waals surface area (Å²) < 4.78 is 0.